The summed E-state index contributed by atoms with van der Waals surface area (Å²) >= 11 is 0. The maximum Gasteiger partial charge on any atom is 0.253 e. The van der Waals surface area contributed by atoms with Crippen LogP contribution in [0.4, 0.5) is 0 Å². The number of aliphatic hydroxyl groups excluding tert-OH is 1. The van der Waals surface area contributed by atoms with E-state index in [2.05, 4.69) is 10.3 Å². The van der Waals surface area contributed by atoms with Gasteiger partial charge < -0.3 is 15.2 Å². The van der Waals surface area contributed by atoms with E-state index in [9.17, 15) is 4.79 Å². The van der Waals surface area contributed by atoms with Crippen LogP contribution in [0.5, 0.6) is 5.88 Å². The summed E-state index contributed by atoms with van der Waals surface area (Å²) in [5.41, 5.74) is 0.452. The van der Waals surface area contributed by atoms with Crippen molar-refractivity contribution in [1.82, 2.24) is 10.3 Å². The minimum absolute atomic E-state index is 0.0637. The lowest BCUT2D eigenvalue weighted by molar-refractivity contribution is 0.0914. The van der Waals surface area contributed by atoms with Gasteiger partial charge in [-0.05, 0) is 12.5 Å². The van der Waals surface area contributed by atoms with Crippen molar-refractivity contribution in [3.8, 4) is 5.88 Å². The fourth-order valence-corrected chi connectivity index (χ4v) is 1.18. The number of carbonyl (C=O) groups is 1. The summed E-state index contributed by atoms with van der Waals surface area (Å²) in [4.78, 5) is 15.6. The molecule has 1 atom stereocenters. The Labute approximate surface area is 94.5 Å². The number of hydrogen-bond donors (Lipinski definition) is 2. The molecule has 0 saturated carbocycles. The summed E-state index contributed by atoms with van der Waals surface area (Å²) in [6.45, 7) is 1.83. The molecule has 0 aliphatic heterocycles. The van der Waals surface area contributed by atoms with Gasteiger partial charge in [-0.15, -0.1) is 0 Å². The molecular weight excluding hydrogens is 208 g/mol. The quantitative estimate of drug-likeness (QED) is 0.768. The van der Waals surface area contributed by atoms with Crippen LogP contribution in [0.2, 0.25) is 0 Å². The Balaban J connectivity index is 2.65. The van der Waals surface area contributed by atoms with Crippen molar-refractivity contribution in [2.45, 2.75) is 19.4 Å². The Morgan fingerprint density at radius 2 is 2.38 bits per heavy atom. The zero-order valence-corrected chi connectivity index (χ0v) is 9.43. The van der Waals surface area contributed by atoms with Crippen molar-refractivity contribution < 1.29 is 14.6 Å². The van der Waals surface area contributed by atoms with Gasteiger partial charge in [0.15, 0.2) is 0 Å². The van der Waals surface area contributed by atoms with Crippen LogP contribution in [-0.2, 0) is 0 Å². The Morgan fingerprint density at radius 1 is 1.62 bits per heavy atom. The molecule has 5 heteroatoms. The van der Waals surface area contributed by atoms with Crippen molar-refractivity contribution in [2.24, 2.45) is 0 Å². The second-order valence-corrected chi connectivity index (χ2v) is 3.35. The Bertz CT molecular complexity index is 334. The summed E-state index contributed by atoms with van der Waals surface area (Å²) in [5.74, 6) is 0.224. The van der Waals surface area contributed by atoms with Gasteiger partial charge in [-0.3, -0.25) is 4.79 Å². The summed E-state index contributed by atoms with van der Waals surface area (Å²) in [5, 5.41) is 11.7. The minimum atomic E-state index is -0.240. The maximum absolute atomic E-state index is 11.7. The van der Waals surface area contributed by atoms with E-state index in [0.29, 0.717) is 17.9 Å². The normalized spacial score (nSPS) is 11.9. The first-order chi connectivity index (χ1) is 7.71. The fraction of sp³-hybridized carbons (Fsp3) is 0.455. The highest BCUT2D eigenvalue weighted by molar-refractivity contribution is 5.94. The number of rotatable bonds is 5. The third kappa shape index (κ3) is 3.20. The predicted molar refractivity (Wildman–Crippen MR) is 59.4 cm³/mol. The molecule has 0 spiro atoms. The molecule has 5 nitrogen and oxygen atoms in total. The average molecular weight is 224 g/mol. The van der Waals surface area contributed by atoms with Gasteiger partial charge >= 0.3 is 0 Å². The average Bonchev–Trinajstić information content (AvgIpc) is 2.35. The maximum atomic E-state index is 11.7. The topological polar surface area (TPSA) is 71.5 Å². The van der Waals surface area contributed by atoms with Crippen LogP contribution >= 0.6 is 0 Å². The highest BCUT2D eigenvalue weighted by Gasteiger charge is 2.11. The molecule has 0 bridgehead atoms. The number of methoxy groups -OCH3 is 1. The molecule has 1 amide bonds. The monoisotopic (exact) mass is 224 g/mol. The number of aliphatic hydroxyl groups is 1. The van der Waals surface area contributed by atoms with E-state index in [1.165, 1.54) is 13.3 Å². The zero-order valence-electron chi connectivity index (χ0n) is 9.43. The molecule has 0 saturated heterocycles. The smallest absolute Gasteiger partial charge is 0.253 e. The number of nitrogens with zero attached hydrogens (tertiary/aromatic N) is 1. The SMILES string of the molecule is CC[C@H](CO)NC(=O)c1ccc(OC)nc1. The molecule has 1 aromatic heterocycles. The second-order valence-electron chi connectivity index (χ2n) is 3.35. The van der Waals surface area contributed by atoms with E-state index < -0.39 is 0 Å². The molecular formula is C11H16N2O3. The van der Waals surface area contributed by atoms with E-state index in [0.717, 1.165) is 0 Å². The minimum Gasteiger partial charge on any atom is -0.481 e. The lowest BCUT2D eigenvalue weighted by atomic mass is 10.2. The molecule has 0 aliphatic rings. The van der Waals surface area contributed by atoms with E-state index >= 15 is 0 Å². The number of carbonyl (C=O) groups excluding carboxylic acids is 1. The molecule has 0 radical (unpaired) electrons. The molecule has 0 unspecified atom stereocenters. The third-order valence-electron chi connectivity index (χ3n) is 2.26. The molecule has 0 fully saturated rings. The summed E-state index contributed by atoms with van der Waals surface area (Å²) in [6, 6.07) is 3.04. The van der Waals surface area contributed by atoms with E-state index in [1.54, 1.807) is 12.1 Å². The standard InChI is InChI=1S/C11H16N2O3/c1-3-9(7-14)13-11(15)8-4-5-10(16-2)12-6-8/h4-6,9,14H,3,7H2,1-2H3,(H,13,15)/t9-/m1/s1. The first kappa shape index (κ1) is 12.4. The predicted octanol–water partition coefficient (Wildman–Crippen LogP) is 0.591. The highest BCUT2D eigenvalue weighted by Crippen LogP contribution is 2.06. The number of aromatic nitrogens is 1. The van der Waals surface area contributed by atoms with Crippen molar-refractivity contribution >= 4 is 5.91 Å². The summed E-state index contributed by atoms with van der Waals surface area (Å²) < 4.78 is 4.89. The molecule has 1 heterocycles. The van der Waals surface area contributed by atoms with Crippen LogP contribution in [0.25, 0.3) is 0 Å². The van der Waals surface area contributed by atoms with Crippen LogP contribution < -0.4 is 10.1 Å². The number of hydrogen-bond acceptors (Lipinski definition) is 4. The van der Waals surface area contributed by atoms with Crippen LogP contribution in [0.1, 0.15) is 23.7 Å². The van der Waals surface area contributed by atoms with Crippen molar-refractivity contribution in [2.75, 3.05) is 13.7 Å². The van der Waals surface area contributed by atoms with E-state index in [4.69, 9.17) is 9.84 Å². The van der Waals surface area contributed by atoms with Crippen LogP contribution in [0.3, 0.4) is 0 Å². The van der Waals surface area contributed by atoms with Crippen LogP contribution in [0.15, 0.2) is 18.3 Å². The van der Waals surface area contributed by atoms with Crippen molar-refractivity contribution in [1.29, 1.82) is 0 Å². The molecule has 1 rings (SSSR count). The number of ether oxygens (including phenoxy) is 1. The summed E-state index contributed by atoms with van der Waals surface area (Å²) in [6.07, 6.45) is 2.13. The largest absolute Gasteiger partial charge is 0.481 e. The lowest BCUT2D eigenvalue weighted by Crippen LogP contribution is -2.36. The molecule has 88 valence electrons. The van der Waals surface area contributed by atoms with Gasteiger partial charge in [0.2, 0.25) is 5.88 Å². The molecule has 1 aromatic rings. The highest BCUT2D eigenvalue weighted by atomic mass is 16.5. The number of nitrogens with one attached hydrogen (secondary N) is 1. The molecule has 0 aromatic carbocycles. The van der Waals surface area contributed by atoms with Crippen LogP contribution in [-0.4, -0.2) is 35.8 Å². The Hall–Kier alpha value is -1.62. The molecule has 16 heavy (non-hydrogen) atoms. The third-order valence-corrected chi connectivity index (χ3v) is 2.26. The zero-order chi connectivity index (χ0) is 12.0. The Kier molecular flexibility index (Phi) is 4.72. The van der Waals surface area contributed by atoms with Gasteiger partial charge in [-0.2, -0.15) is 0 Å². The molecule has 2 N–H and O–H groups in total. The van der Waals surface area contributed by atoms with Crippen LogP contribution in [0, 0.1) is 0 Å². The van der Waals surface area contributed by atoms with Gasteiger partial charge in [0.05, 0.1) is 25.3 Å². The second kappa shape index (κ2) is 6.07. The van der Waals surface area contributed by atoms with Gasteiger partial charge in [-0.1, -0.05) is 6.92 Å². The van der Waals surface area contributed by atoms with Gasteiger partial charge in [0.1, 0.15) is 0 Å². The molecule has 0 aliphatic carbocycles. The fourth-order valence-electron chi connectivity index (χ4n) is 1.18. The van der Waals surface area contributed by atoms with E-state index in [-0.39, 0.29) is 18.6 Å². The lowest BCUT2D eigenvalue weighted by Gasteiger charge is -2.13. The number of pyridine rings is 1. The Morgan fingerprint density at radius 3 is 2.81 bits per heavy atom. The van der Waals surface area contributed by atoms with E-state index in [1.807, 2.05) is 6.92 Å². The first-order valence-electron chi connectivity index (χ1n) is 5.13. The van der Waals surface area contributed by atoms with Crippen molar-refractivity contribution in [3.63, 3.8) is 0 Å². The van der Waals surface area contributed by atoms with Gasteiger partial charge in [0, 0.05) is 12.3 Å². The first-order valence-corrected chi connectivity index (χ1v) is 5.13. The van der Waals surface area contributed by atoms with Gasteiger partial charge in [0.25, 0.3) is 5.91 Å². The summed E-state index contributed by atoms with van der Waals surface area (Å²) in [7, 11) is 1.51. The van der Waals surface area contributed by atoms with Gasteiger partial charge in [-0.25, -0.2) is 4.98 Å². The van der Waals surface area contributed by atoms with Crippen molar-refractivity contribution in [3.05, 3.63) is 23.9 Å². The number of amides is 1.